The molecule has 0 aliphatic carbocycles. The fourth-order valence-electron chi connectivity index (χ4n) is 3.19. The molecular weight excluding hydrogens is 318 g/mol. The molecule has 5 heteroatoms. The van der Waals surface area contributed by atoms with Crippen LogP contribution in [0.25, 0.3) is 5.69 Å². The number of hydroxylamine groups is 1. The predicted molar refractivity (Wildman–Crippen MR) is 97.1 cm³/mol. The van der Waals surface area contributed by atoms with Crippen molar-refractivity contribution in [2.75, 3.05) is 6.26 Å². The lowest BCUT2D eigenvalue weighted by atomic mass is 10.0. The summed E-state index contributed by atoms with van der Waals surface area (Å²) in [6.45, 7) is 2.26. The molecular formula is C19H17N3OS. The number of aromatic nitrogens is 2. The van der Waals surface area contributed by atoms with Gasteiger partial charge < -0.3 is 5.21 Å². The average Bonchev–Trinajstić information content (AvgIpc) is 2.90. The number of thioether (sulfide) groups is 1. The highest BCUT2D eigenvalue weighted by molar-refractivity contribution is 7.98. The number of aryl methyl sites for hydroxylation is 1. The maximum atomic E-state index is 13.0. The van der Waals surface area contributed by atoms with Gasteiger partial charge in [-0.15, -0.1) is 11.8 Å². The van der Waals surface area contributed by atoms with E-state index >= 15 is 0 Å². The molecule has 120 valence electrons. The first-order valence-electron chi connectivity index (χ1n) is 7.78. The standard InChI is InChI=1S/C19H17N3OS/c1-13-11-20-18-12-21(23)19(14-6-4-3-5-7-14)16-10-15(24-2)8-9-17(16)22(13)18/h3-11H,12H2,1-2H3. The molecule has 0 bridgehead atoms. The van der Waals surface area contributed by atoms with Crippen LogP contribution in [-0.4, -0.2) is 26.3 Å². The zero-order valence-electron chi connectivity index (χ0n) is 13.6. The fraction of sp³-hybridized carbons (Fsp3) is 0.158. The summed E-state index contributed by atoms with van der Waals surface area (Å²) in [6.07, 6.45) is 3.87. The van der Waals surface area contributed by atoms with Crippen LogP contribution in [0.1, 0.15) is 22.6 Å². The number of hydrogen-bond donors (Lipinski definition) is 0. The molecule has 2 aromatic carbocycles. The Morgan fingerprint density at radius 2 is 1.96 bits per heavy atom. The van der Waals surface area contributed by atoms with Crippen LogP contribution in [-0.2, 0) is 6.54 Å². The minimum atomic E-state index is 0.237. The van der Waals surface area contributed by atoms with Gasteiger partial charge in [-0.2, -0.15) is 4.74 Å². The first-order valence-corrected chi connectivity index (χ1v) is 9.00. The van der Waals surface area contributed by atoms with Gasteiger partial charge in [-0.25, -0.2) is 4.98 Å². The third-order valence-corrected chi connectivity index (χ3v) is 5.02. The van der Waals surface area contributed by atoms with E-state index in [1.807, 2.05) is 49.7 Å². The molecule has 1 aliphatic heterocycles. The van der Waals surface area contributed by atoms with Crippen LogP contribution in [0, 0.1) is 12.1 Å². The normalized spacial score (nSPS) is 13.4. The Labute approximate surface area is 145 Å². The second kappa shape index (κ2) is 5.83. The topological polar surface area (TPSA) is 43.9 Å². The summed E-state index contributed by atoms with van der Waals surface area (Å²) in [5, 5.41) is 13.0. The van der Waals surface area contributed by atoms with Gasteiger partial charge in [0.15, 0.2) is 5.82 Å². The number of fused-ring (bicyclic) bond motifs is 3. The van der Waals surface area contributed by atoms with E-state index in [2.05, 4.69) is 27.8 Å². The van der Waals surface area contributed by atoms with Crippen molar-refractivity contribution in [1.82, 2.24) is 9.55 Å². The van der Waals surface area contributed by atoms with E-state index in [4.69, 9.17) is 0 Å². The number of rotatable bonds is 2. The quantitative estimate of drug-likeness (QED) is 0.407. The molecule has 0 amide bonds. The van der Waals surface area contributed by atoms with Gasteiger partial charge in [0.05, 0.1) is 11.3 Å². The summed E-state index contributed by atoms with van der Waals surface area (Å²) >= 11 is 1.68. The molecule has 0 saturated heterocycles. The van der Waals surface area contributed by atoms with Gasteiger partial charge in [0.25, 0.3) is 0 Å². The SMILES string of the molecule is CSc1ccc2c(c1)C(c1ccccc1)=[N+]([O-])Cc1ncc(C)n1-2. The van der Waals surface area contributed by atoms with Crippen LogP contribution < -0.4 is 0 Å². The maximum Gasteiger partial charge on any atom is 0.228 e. The Bertz CT molecular complexity index is 945. The predicted octanol–water partition coefficient (Wildman–Crippen LogP) is 3.76. The number of nitrogens with zero attached hydrogens (tertiary/aromatic N) is 3. The molecule has 0 radical (unpaired) electrons. The molecule has 0 spiro atoms. The number of imidazole rings is 1. The van der Waals surface area contributed by atoms with Crippen LogP contribution in [0.2, 0.25) is 0 Å². The molecule has 0 saturated carbocycles. The molecule has 3 aromatic rings. The van der Waals surface area contributed by atoms with Gasteiger partial charge in [0, 0.05) is 22.3 Å². The van der Waals surface area contributed by atoms with Crippen molar-refractivity contribution in [3.63, 3.8) is 0 Å². The largest absolute Gasteiger partial charge is 0.623 e. The molecule has 24 heavy (non-hydrogen) atoms. The minimum absolute atomic E-state index is 0.237. The van der Waals surface area contributed by atoms with Crippen molar-refractivity contribution in [2.45, 2.75) is 18.4 Å². The fourth-order valence-corrected chi connectivity index (χ4v) is 3.63. The number of benzene rings is 2. The van der Waals surface area contributed by atoms with Gasteiger partial charge in [-0.1, -0.05) is 18.2 Å². The third kappa shape index (κ3) is 2.32. The smallest absolute Gasteiger partial charge is 0.228 e. The van der Waals surface area contributed by atoms with Crippen LogP contribution in [0.3, 0.4) is 0 Å². The van der Waals surface area contributed by atoms with Crippen molar-refractivity contribution in [3.05, 3.63) is 82.6 Å². The lowest BCUT2D eigenvalue weighted by molar-refractivity contribution is -0.475. The first-order chi connectivity index (χ1) is 11.7. The van der Waals surface area contributed by atoms with Crippen molar-refractivity contribution in [1.29, 1.82) is 0 Å². The Morgan fingerprint density at radius 3 is 2.71 bits per heavy atom. The average molecular weight is 335 g/mol. The Hall–Kier alpha value is -2.53. The lowest BCUT2D eigenvalue weighted by Gasteiger charge is -2.13. The van der Waals surface area contributed by atoms with Crippen molar-refractivity contribution in [3.8, 4) is 5.69 Å². The van der Waals surface area contributed by atoms with E-state index in [1.165, 1.54) is 0 Å². The molecule has 0 atom stereocenters. The summed E-state index contributed by atoms with van der Waals surface area (Å²) in [7, 11) is 0. The molecule has 1 aromatic heterocycles. The van der Waals surface area contributed by atoms with Crippen molar-refractivity contribution in [2.24, 2.45) is 0 Å². The second-order valence-electron chi connectivity index (χ2n) is 5.79. The lowest BCUT2D eigenvalue weighted by Crippen LogP contribution is -2.17. The minimum Gasteiger partial charge on any atom is -0.623 e. The van der Waals surface area contributed by atoms with Crippen molar-refractivity contribution >= 4 is 17.5 Å². The van der Waals surface area contributed by atoms with E-state index in [0.29, 0.717) is 5.71 Å². The van der Waals surface area contributed by atoms with Crippen LogP contribution in [0.5, 0.6) is 0 Å². The van der Waals surface area contributed by atoms with Gasteiger partial charge >= 0.3 is 0 Å². The van der Waals surface area contributed by atoms with Gasteiger partial charge in [0.2, 0.25) is 12.3 Å². The summed E-state index contributed by atoms with van der Waals surface area (Å²) < 4.78 is 3.14. The van der Waals surface area contributed by atoms with E-state index in [1.54, 1.807) is 11.8 Å². The van der Waals surface area contributed by atoms with Crippen LogP contribution >= 0.6 is 11.8 Å². The summed E-state index contributed by atoms with van der Waals surface area (Å²) in [5.74, 6) is 0.770. The van der Waals surface area contributed by atoms with Crippen LogP contribution in [0.4, 0.5) is 0 Å². The van der Waals surface area contributed by atoms with E-state index in [9.17, 15) is 5.21 Å². The highest BCUT2D eigenvalue weighted by atomic mass is 32.2. The highest BCUT2D eigenvalue weighted by Crippen LogP contribution is 2.29. The highest BCUT2D eigenvalue weighted by Gasteiger charge is 2.27. The monoisotopic (exact) mass is 335 g/mol. The van der Waals surface area contributed by atoms with Gasteiger partial charge in [0.1, 0.15) is 0 Å². The summed E-state index contributed by atoms with van der Waals surface area (Å²) in [5.41, 5.74) is 4.62. The Balaban J connectivity index is 2.06. The molecule has 0 fully saturated rings. The Morgan fingerprint density at radius 1 is 1.17 bits per heavy atom. The molecule has 0 N–H and O–H groups in total. The van der Waals surface area contributed by atoms with E-state index in [0.717, 1.165) is 38.0 Å². The zero-order valence-corrected chi connectivity index (χ0v) is 14.4. The third-order valence-electron chi connectivity index (χ3n) is 4.29. The maximum absolute atomic E-state index is 13.0. The molecule has 1 aliphatic rings. The van der Waals surface area contributed by atoms with E-state index < -0.39 is 0 Å². The zero-order chi connectivity index (χ0) is 16.7. The van der Waals surface area contributed by atoms with E-state index in [-0.39, 0.29) is 6.54 Å². The molecule has 4 rings (SSSR count). The Kier molecular flexibility index (Phi) is 3.65. The van der Waals surface area contributed by atoms with Crippen molar-refractivity contribution < 1.29 is 4.74 Å². The molecule has 2 heterocycles. The summed E-state index contributed by atoms with van der Waals surface area (Å²) in [4.78, 5) is 5.57. The molecule has 0 unspecified atom stereocenters. The van der Waals surface area contributed by atoms with Gasteiger partial charge in [-0.3, -0.25) is 4.57 Å². The summed E-state index contributed by atoms with van der Waals surface area (Å²) in [6, 6.07) is 16.1. The van der Waals surface area contributed by atoms with Crippen LogP contribution in [0.15, 0.2) is 59.6 Å². The first kappa shape index (κ1) is 15.0. The van der Waals surface area contributed by atoms with Gasteiger partial charge in [-0.05, 0) is 43.5 Å². The molecule has 4 nitrogen and oxygen atoms in total. The number of hydrogen-bond acceptors (Lipinski definition) is 3. The second-order valence-corrected chi connectivity index (χ2v) is 6.67.